The molecule has 0 aliphatic rings. The highest BCUT2D eigenvalue weighted by Gasteiger charge is 2.18. The van der Waals surface area contributed by atoms with Crippen LogP contribution in [0.5, 0.6) is 5.75 Å². The van der Waals surface area contributed by atoms with Crippen LogP contribution in [0.1, 0.15) is 17.3 Å². The van der Waals surface area contributed by atoms with Crippen LogP contribution in [0.15, 0.2) is 36.4 Å². The van der Waals surface area contributed by atoms with Gasteiger partial charge in [-0.1, -0.05) is 34.8 Å². The SMILES string of the molecule is C[C@H](Oc1ccc(Cl)cc1Cl)C(=O)Nc1cc(C(=O)O)ccc1Cl. The van der Waals surface area contributed by atoms with E-state index in [9.17, 15) is 9.59 Å². The highest BCUT2D eigenvalue weighted by molar-refractivity contribution is 6.35. The van der Waals surface area contributed by atoms with E-state index in [1.54, 1.807) is 12.1 Å². The fraction of sp³-hybridized carbons (Fsp3) is 0.125. The van der Waals surface area contributed by atoms with Crippen LogP contribution in [0.4, 0.5) is 5.69 Å². The second-order valence-corrected chi connectivity index (χ2v) is 6.07. The fourth-order valence-corrected chi connectivity index (χ4v) is 2.42. The zero-order valence-electron chi connectivity index (χ0n) is 12.3. The highest BCUT2D eigenvalue weighted by atomic mass is 35.5. The van der Waals surface area contributed by atoms with Crippen molar-refractivity contribution in [3.8, 4) is 5.75 Å². The van der Waals surface area contributed by atoms with Crippen molar-refractivity contribution in [2.75, 3.05) is 5.32 Å². The van der Waals surface area contributed by atoms with Gasteiger partial charge in [0.15, 0.2) is 6.10 Å². The third kappa shape index (κ3) is 4.54. The Morgan fingerprint density at radius 3 is 2.42 bits per heavy atom. The van der Waals surface area contributed by atoms with Gasteiger partial charge in [0.05, 0.1) is 21.3 Å². The Morgan fingerprint density at radius 2 is 1.79 bits per heavy atom. The van der Waals surface area contributed by atoms with Gasteiger partial charge in [-0.15, -0.1) is 0 Å². The van der Waals surface area contributed by atoms with Crippen LogP contribution in [0.2, 0.25) is 15.1 Å². The van der Waals surface area contributed by atoms with E-state index in [2.05, 4.69) is 5.32 Å². The van der Waals surface area contributed by atoms with Crippen LogP contribution >= 0.6 is 34.8 Å². The van der Waals surface area contributed by atoms with Gasteiger partial charge in [-0.25, -0.2) is 4.79 Å². The number of ether oxygens (including phenoxy) is 1. The molecule has 0 aliphatic carbocycles. The number of carbonyl (C=O) groups excluding carboxylic acids is 1. The average Bonchev–Trinajstić information content (AvgIpc) is 2.51. The number of aromatic carboxylic acids is 1. The van der Waals surface area contributed by atoms with E-state index >= 15 is 0 Å². The fourth-order valence-electron chi connectivity index (χ4n) is 1.80. The van der Waals surface area contributed by atoms with E-state index in [1.165, 1.54) is 31.2 Å². The number of carboxylic acids is 1. The van der Waals surface area contributed by atoms with Crippen molar-refractivity contribution in [3.05, 3.63) is 57.0 Å². The van der Waals surface area contributed by atoms with Gasteiger partial charge in [0.25, 0.3) is 5.91 Å². The monoisotopic (exact) mass is 387 g/mol. The Kier molecular flexibility index (Phi) is 5.94. The minimum atomic E-state index is -1.13. The molecule has 0 bridgehead atoms. The second kappa shape index (κ2) is 7.75. The number of hydrogen-bond acceptors (Lipinski definition) is 3. The van der Waals surface area contributed by atoms with E-state index in [4.69, 9.17) is 44.6 Å². The quantitative estimate of drug-likeness (QED) is 0.775. The number of halogens is 3. The van der Waals surface area contributed by atoms with Crippen molar-refractivity contribution < 1.29 is 19.4 Å². The maximum atomic E-state index is 12.2. The molecule has 126 valence electrons. The molecule has 5 nitrogen and oxygen atoms in total. The summed E-state index contributed by atoms with van der Waals surface area (Å²) in [5, 5.41) is 12.4. The smallest absolute Gasteiger partial charge is 0.335 e. The molecule has 24 heavy (non-hydrogen) atoms. The van der Waals surface area contributed by atoms with Gasteiger partial charge in [-0.05, 0) is 43.3 Å². The number of anilines is 1. The molecule has 0 aliphatic heterocycles. The molecule has 2 aromatic rings. The first kappa shape index (κ1) is 18.4. The van der Waals surface area contributed by atoms with Gasteiger partial charge in [-0.2, -0.15) is 0 Å². The van der Waals surface area contributed by atoms with Crippen LogP contribution in [0.25, 0.3) is 0 Å². The van der Waals surface area contributed by atoms with E-state index in [-0.39, 0.29) is 21.3 Å². The Labute approximate surface area is 153 Å². The van der Waals surface area contributed by atoms with Gasteiger partial charge in [0, 0.05) is 5.02 Å². The molecule has 1 atom stereocenters. The van der Waals surface area contributed by atoms with Crippen LogP contribution in [-0.2, 0) is 4.79 Å². The number of benzene rings is 2. The Hall–Kier alpha value is -1.95. The molecule has 2 N–H and O–H groups in total. The number of carbonyl (C=O) groups is 2. The molecule has 0 aromatic heterocycles. The summed E-state index contributed by atoms with van der Waals surface area (Å²) in [4.78, 5) is 23.2. The first-order chi connectivity index (χ1) is 11.3. The maximum Gasteiger partial charge on any atom is 0.335 e. The van der Waals surface area contributed by atoms with Crippen molar-refractivity contribution >= 4 is 52.4 Å². The zero-order chi connectivity index (χ0) is 17.9. The summed E-state index contributed by atoms with van der Waals surface area (Å²) in [5.41, 5.74) is 0.184. The van der Waals surface area contributed by atoms with E-state index in [0.29, 0.717) is 10.8 Å². The maximum absolute atomic E-state index is 12.2. The first-order valence-corrected chi connectivity index (χ1v) is 7.86. The van der Waals surface area contributed by atoms with E-state index < -0.39 is 18.0 Å². The number of hydrogen-bond donors (Lipinski definition) is 2. The summed E-state index contributed by atoms with van der Waals surface area (Å²) in [5.74, 6) is -1.33. The molecule has 1 amide bonds. The van der Waals surface area contributed by atoms with Gasteiger partial charge < -0.3 is 15.2 Å². The second-order valence-electron chi connectivity index (χ2n) is 4.82. The Bertz CT molecular complexity index is 795. The predicted molar refractivity (Wildman–Crippen MR) is 93.6 cm³/mol. The minimum absolute atomic E-state index is 0.00372. The molecule has 2 aromatic carbocycles. The Morgan fingerprint density at radius 1 is 1.08 bits per heavy atom. The lowest BCUT2D eigenvalue weighted by molar-refractivity contribution is -0.122. The first-order valence-electron chi connectivity index (χ1n) is 6.73. The number of amides is 1. The normalized spacial score (nSPS) is 11.7. The summed E-state index contributed by atoms with van der Waals surface area (Å²) >= 11 is 17.8. The standard InChI is InChI=1S/C16H12Cl3NO4/c1-8(24-14-5-3-10(17)7-12(14)19)15(21)20-13-6-9(16(22)23)2-4-11(13)18/h2-8H,1H3,(H,20,21)(H,22,23)/t8-/m0/s1. The summed E-state index contributed by atoms with van der Waals surface area (Å²) in [6.07, 6.45) is -0.895. The molecule has 0 heterocycles. The minimum Gasteiger partial charge on any atom is -0.479 e. The van der Waals surface area contributed by atoms with Gasteiger partial charge in [0.1, 0.15) is 5.75 Å². The van der Waals surface area contributed by atoms with Crippen molar-refractivity contribution in [2.24, 2.45) is 0 Å². The van der Waals surface area contributed by atoms with Crippen LogP contribution in [0, 0.1) is 0 Å². The largest absolute Gasteiger partial charge is 0.479 e. The topological polar surface area (TPSA) is 75.6 Å². The molecule has 0 saturated carbocycles. The predicted octanol–water partition coefficient (Wildman–Crippen LogP) is 4.75. The third-order valence-corrected chi connectivity index (χ3v) is 3.90. The summed E-state index contributed by atoms with van der Waals surface area (Å²) in [6, 6.07) is 8.63. The van der Waals surface area contributed by atoms with Crippen molar-refractivity contribution in [3.63, 3.8) is 0 Å². The lowest BCUT2D eigenvalue weighted by Gasteiger charge is -2.16. The van der Waals surface area contributed by atoms with Crippen LogP contribution in [-0.4, -0.2) is 23.1 Å². The molecule has 0 unspecified atom stereocenters. The van der Waals surface area contributed by atoms with Crippen molar-refractivity contribution in [1.82, 2.24) is 0 Å². The number of nitrogens with one attached hydrogen (secondary N) is 1. The molecule has 0 saturated heterocycles. The zero-order valence-corrected chi connectivity index (χ0v) is 14.6. The van der Waals surface area contributed by atoms with Gasteiger partial charge >= 0.3 is 5.97 Å². The molecule has 0 spiro atoms. The van der Waals surface area contributed by atoms with Crippen molar-refractivity contribution in [1.29, 1.82) is 0 Å². The number of carboxylic acid groups (broad SMARTS) is 1. The van der Waals surface area contributed by atoms with Crippen molar-refractivity contribution in [2.45, 2.75) is 13.0 Å². The highest BCUT2D eigenvalue weighted by Crippen LogP contribution is 2.29. The van der Waals surface area contributed by atoms with E-state index in [0.717, 1.165) is 0 Å². The van der Waals surface area contributed by atoms with Gasteiger partial charge in [0.2, 0.25) is 0 Å². The molecular formula is C16H12Cl3NO4. The van der Waals surface area contributed by atoms with E-state index in [1.807, 2.05) is 0 Å². The van der Waals surface area contributed by atoms with Crippen LogP contribution in [0.3, 0.4) is 0 Å². The average molecular weight is 389 g/mol. The summed E-state index contributed by atoms with van der Waals surface area (Å²) in [6.45, 7) is 1.52. The third-order valence-electron chi connectivity index (χ3n) is 3.04. The summed E-state index contributed by atoms with van der Waals surface area (Å²) in [7, 11) is 0. The molecule has 0 fully saturated rings. The van der Waals surface area contributed by atoms with Gasteiger partial charge in [-0.3, -0.25) is 4.79 Å². The molecule has 2 rings (SSSR count). The molecule has 0 radical (unpaired) electrons. The summed E-state index contributed by atoms with van der Waals surface area (Å²) < 4.78 is 5.49. The number of rotatable bonds is 5. The van der Waals surface area contributed by atoms with Crippen LogP contribution < -0.4 is 10.1 Å². The lowest BCUT2D eigenvalue weighted by atomic mass is 10.2. The lowest BCUT2D eigenvalue weighted by Crippen LogP contribution is -2.30. The molecular weight excluding hydrogens is 377 g/mol. The Balaban J connectivity index is 2.11. The molecule has 8 heteroatoms.